The predicted molar refractivity (Wildman–Crippen MR) is 107 cm³/mol. The molecular formula is C21H33N3O2. The molecular weight excluding hydrogens is 326 g/mol. The normalized spacial score (nSPS) is 14.7. The van der Waals surface area contributed by atoms with Gasteiger partial charge in [0.2, 0.25) is 5.91 Å². The maximum absolute atomic E-state index is 12.7. The number of carbonyl (C=O) groups is 2. The van der Waals surface area contributed by atoms with Gasteiger partial charge in [-0.05, 0) is 50.5 Å². The molecule has 0 atom stereocenters. The second-order valence-corrected chi connectivity index (χ2v) is 7.32. The molecule has 0 radical (unpaired) electrons. The highest BCUT2D eigenvalue weighted by atomic mass is 16.2. The molecule has 1 saturated heterocycles. The summed E-state index contributed by atoms with van der Waals surface area (Å²) in [6, 6.07) is 7.87. The van der Waals surface area contributed by atoms with Crippen LogP contribution in [0.1, 0.15) is 50.9 Å². The molecule has 26 heavy (non-hydrogen) atoms. The number of hydrogen-bond acceptors (Lipinski definition) is 3. The zero-order chi connectivity index (χ0) is 19.1. The van der Waals surface area contributed by atoms with Gasteiger partial charge in [-0.3, -0.25) is 9.59 Å². The average molecular weight is 360 g/mol. The lowest BCUT2D eigenvalue weighted by atomic mass is 10.1. The fourth-order valence-corrected chi connectivity index (χ4v) is 3.32. The molecule has 5 heteroatoms. The van der Waals surface area contributed by atoms with E-state index < -0.39 is 0 Å². The van der Waals surface area contributed by atoms with E-state index in [-0.39, 0.29) is 11.8 Å². The summed E-state index contributed by atoms with van der Waals surface area (Å²) in [6.45, 7) is 12.9. The quantitative estimate of drug-likeness (QED) is 0.751. The molecule has 0 N–H and O–H groups in total. The molecule has 0 spiro atoms. The van der Waals surface area contributed by atoms with Gasteiger partial charge in [-0.25, -0.2) is 0 Å². The van der Waals surface area contributed by atoms with Crippen LogP contribution in [0.3, 0.4) is 0 Å². The number of carbonyl (C=O) groups excluding carboxylic acids is 2. The van der Waals surface area contributed by atoms with E-state index in [1.54, 1.807) is 0 Å². The summed E-state index contributed by atoms with van der Waals surface area (Å²) in [7, 11) is 0. The molecule has 1 aromatic carbocycles. The fourth-order valence-electron chi connectivity index (χ4n) is 3.32. The summed E-state index contributed by atoms with van der Waals surface area (Å²) >= 11 is 0. The number of rotatable bonds is 7. The standard InChI is InChI=1S/C21H33N3O2/c1-5-22(6-2)19-10-8-18(9-11-19)21(26)24-15-13-23(14-16-24)20(25)12-7-17(3)4/h8-11,17H,5-7,12-16H2,1-4H3. The van der Waals surface area contributed by atoms with Crippen molar-refractivity contribution in [2.75, 3.05) is 44.2 Å². The summed E-state index contributed by atoms with van der Waals surface area (Å²) < 4.78 is 0. The van der Waals surface area contributed by atoms with Crippen LogP contribution in [0.2, 0.25) is 0 Å². The van der Waals surface area contributed by atoms with Crippen molar-refractivity contribution in [2.45, 2.75) is 40.5 Å². The molecule has 0 unspecified atom stereocenters. The summed E-state index contributed by atoms with van der Waals surface area (Å²) in [5, 5.41) is 0. The minimum Gasteiger partial charge on any atom is -0.372 e. The monoisotopic (exact) mass is 359 g/mol. The number of benzene rings is 1. The molecule has 0 saturated carbocycles. The Morgan fingerprint density at radius 1 is 0.962 bits per heavy atom. The van der Waals surface area contributed by atoms with Crippen LogP contribution in [0.5, 0.6) is 0 Å². The summed E-state index contributed by atoms with van der Waals surface area (Å²) in [4.78, 5) is 31.0. The summed E-state index contributed by atoms with van der Waals surface area (Å²) in [5.74, 6) is 0.820. The lowest BCUT2D eigenvalue weighted by Gasteiger charge is -2.35. The second-order valence-electron chi connectivity index (χ2n) is 7.32. The lowest BCUT2D eigenvalue weighted by Crippen LogP contribution is -2.50. The van der Waals surface area contributed by atoms with Gasteiger partial charge in [0.1, 0.15) is 0 Å². The Bertz CT molecular complexity index is 586. The molecule has 5 nitrogen and oxygen atoms in total. The first kappa shape index (κ1) is 20.3. The Hall–Kier alpha value is -2.04. The van der Waals surface area contributed by atoms with Crippen molar-refractivity contribution >= 4 is 17.5 Å². The molecule has 1 heterocycles. The predicted octanol–water partition coefficient (Wildman–Crippen LogP) is 3.25. The minimum absolute atomic E-state index is 0.0605. The third-order valence-electron chi connectivity index (χ3n) is 5.10. The van der Waals surface area contributed by atoms with Gasteiger partial charge >= 0.3 is 0 Å². The number of amides is 2. The Balaban J connectivity index is 1.89. The van der Waals surface area contributed by atoms with Crippen LogP contribution >= 0.6 is 0 Å². The first-order chi connectivity index (χ1) is 12.5. The molecule has 0 aliphatic carbocycles. The molecule has 1 fully saturated rings. The maximum atomic E-state index is 12.7. The van der Waals surface area contributed by atoms with Crippen molar-refractivity contribution in [3.8, 4) is 0 Å². The van der Waals surface area contributed by atoms with Gasteiger partial charge in [0.05, 0.1) is 0 Å². The summed E-state index contributed by atoms with van der Waals surface area (Å²) in [6.07, 6.45) is 1.54. The largest absolute Gasteiger partial charge is 0.372 e. The highest BCUT2D eigenvalue weighted by molar-refractivity contribution is 5.94. The van der Waals surface area contributed by atoms with E-state index in [0.29, 0.717) is 38.5 Å². The molecule has 144 valence electrons. The van der Waals surface area contributed by atoms with Crippen LogP contribution in [0.4, 0.5) is 5.69 Å². The van der Waals surface area contributed by atoms with Gasteiger partial charge in [0, 0.05) is 56.9 Å². The summed E-state index contributed by atoms with van der Waals surface area (Å²) in [5.41, 5.74) is 1.87. The number of nitrogens with zero attached hydrogens (tertiary/aromatic N) is 3. The topological polar surface area (TPSA) is 43.9 Å². The van der Waals surface area contributed by atoms with Gasteiger partial charge < -0.3 is 14.7 Å². The van der Waals surface area contributed by atoms with E-state index >= 15 is 0 Å². The minimum atomic E-state index is 0.0605. The van der Waals surface area contributed by atoms with E-state index in [4.69, 9.17) is 0 Å². The van der Waals surface area contributed by atoms with E-state index in [0.717, 1.165) is 30.8 Å². The van der Waals surface area contributed by atoms with Crippen LogP contribution in [0, 0.1) is 5.92 Å². The van der Waals surface area contributed by atoms with Crippen LogP contribution in [0.15, 0.2) is 24.3 Å². The van der Waals surface area contributed by atoms with Crippen molar-refractivity contribution in [1.82, 2.24) is 9.80 Å². The third-order valence-corrected chi connectivity index (χ3v) is 5.10. The van der Waals surface area contributed by atoms with Crippen molar-refractivity contribution < 1.29 is 9.59 Å². The van der Waals surface area contributed by atoms with E-state index in [1.165, 1.54) is 0 Å². The van der Waals surface area contributed by atoms with Crippen molar-refractivity contribution in [3.63, 3.8) is 0 Å². The van der Waals surface area contributed by atoms with Crippen LogP contribution in [-0.2, 0) is 4.79 Å². The van der Waals surface area contributed by atoms with E-state index in [1.807, 2.05) is 34.1 Å². The van der Waals surface area contributed by atoms with Crippen LogP contribution in [0.25, 0.3) is 0 Å². The Morgan fingerprint density at radius 3 is 2.00 bits per heavy atom. The molecule has 1 aliphatic heterocycles. The Morgan fingerprint density at radius 2 is 1.50 bits per heavy atom. The molecule has 2 rings (SSSR count). The smallest absolute Gasteiger partial charge is 0.253 e. The fraction of sp³-hybridized carbons (Fsp3) is 0.619. The highest BCUT2D eigenvalue weighted by Crippen LogP contribution is 2.17. The van der Waals surface area contributed by atoms with Gasteiger partial charge in [-0.15, -0.1) is 0 Å². The average Bonchev–Trinajstić information content (AvgIpc) is 2.67. The number of piperazine rings is 1. The lowest BCUT2D eigenvalue weighted by molar-refractivity contribution is -0.132. The number of anilines is 1. The van der Waals surface area contributed by atoms with Crippen molar-refractivity contribution in [1.29, 1.82) is 0 Å². The molecule has 1 aromatic rings. The van der Waals surface area contributed by atoms with Crippen LogP contribution < -0.4 is 4.90 Å². The Kier molecular flexibility index (Phi) is 7.49. The van der Waals surface area contributed by atoms with Gasteiger partial charge in [-0.2, -0.15) is 0 Å². The van der Waals surface area contributed by atoms with Crippen molar-refractivity contribution in [2.24, 2.45) is 5.92 Å². The SMILES string of the molecule is CCN(CC)c1ccc(C(=O)N2CCN(C(=O)CCC(C)C)CC2)cc1. The van der Waals surface area contributed by atoms with E-state index in [9.17, 15) is 9.59 Å². The second kappa shape index (κ2) is 9.60. The highest BCUT2D eigenvalue weighted by Gasteiger charge is 2.24. The van der Waals surface area contributed by atoms with Crippen LogP contribution in [-0.4, -0.2) is 60.9 Å². The molecule has 0 aromatic heterocycles. The van der Waals surface area contributed by atoms with Crippen molar-refractivity contribution in [3.05, 3.63) is 29.8 Å². The molecule has 2 amide bonds. The van der Waals surface area contributed by atoms with Gasteiger partial charge in [0.15, 0.2) is 0 Å². The van der Waals surface area contributed by atoms with Gasteiger partial charge in [0.25, 0.3) is 5.91 Å². The number of hydrogen-bond donors (Lipinski definition) is 0. The first-order valence-electron chi connectivity index (χ1n) is 9.88. The Labute approximate surface area is 158 Å². The zero-order valence-corrected chi connectivity index (χ0v) is 16.7. The maximum Gasteiger partial charge on any atom is 0.253 e. The zero-order valence-electron chi connectivity index (χ0n) is 16.7. The van der Waals surface area contributed by atoms with Gasteiger partial charge in [-0.1, -0.05) is 13.8 Å². The molecule has 1 aliphatic rings. The van der Waals surface area contributed by atoms with E-state index in [2.05, 4.69) is 32.6 Å². The molecule has 0 bridgehead atoms. The third kappa shape index (κ3) is 5.23. The first-order valence-corrected chi connectivity index (χ1v) is 9.88.